The third kappa shape index (κ3) is 4.61. The van der Waals surface area contributed by atoms with E-state index >= 15 is 0 Å². The van der Waals surface area contributed by atoms with Crippen LogP contribution in [0.4, 0.5) is 0 Å². The van der Waals surface area contributed by atoms with Crippen LogP contribution < -0.4 is 0 Å². The highest BCUT2D eigenvalue weighted by molar-refractivity contribution is 5.76. The van der Waals surface area contributed by atoms with Gasteiger partial charge in [-0.1, -0.05) is 54.6 Å². The number of hydrogen-bond donors (Lipinski definition) is 0. The summed E-state index contributed by atoms with van der Waals surface area (Å²) >= 11 is 0. The minimum Gasteiger partial charge on any atom is -0.464 e. The molecule has 0 saturated carbocycles. The molecule has 3 aliphatic rings. The molecule has 0 aliphatic carbocycles. The number of piperidine rings is 1. The third-order valence-electron chi connectivity index (χ3n) is 7.40. The first-order chi connectivity index (χ1) is 15.7. The normalized spacial score (nSPS) is 22.8. The van der Waals surface area contributed by atoms with Gasteiger partial charge in [-0.3, -0.25) is 9.69 Å². The van der Waals surface area contributed by atoms with Crippen LogP contribution in [0.1, 0.15) is 48.8 Å². The lowest BCUT2D eigenvalue weighted by molar-refractivity contribution is -0.149. The molecule has 0 bridgehead atoms. The first-order valence-corrected chi connectivity index (χ1v) is 12.1. The third-order valence-corrected chi connectivity index (χ3v) is 7.40. The summed E-state index contributed by atoms with van der Waals surface area (Å²) in [6, 6.07) is 18.9. The number of rotatable bonds is 7. The van der Waals surface area contributed by atoms with Crippen molar-refractivity contribution in [3.63, 3.8) is 0 Å². The Morgan fingerprint density at radius 3 is 2.66 bits per heavy atom. The summed E-state index contributed by atoms with van der Waals surface area (Å²) in [5.41, 5.74) is 3.92. The van der Waals surface area contributed by atoms with E-state index in [1.807, 2.05) is 6.07 Å². The van der Waals surface area contributed by atoms with Crippen LogP contribution in [-0.4, -0.2) is 54.6 Å². The Morgan fingerprint density at radius 2 is 1.81 bits per heavy atom. The molecule has 170 valence electrons. The molecular formula is C27H34N2O3. The lowest BCUT2D eigenvalue weighted by Crippen LogP contribution is -2.43. The van der Waals surface area contributed by atoms with Gasteiger partial charge in [-0.05, 0) is 55.3 Å². The zero-order valence-electron chi connectivity index (χ0n) is 18.9. The molecule has 5 heteroatoms. The summed E-state index contributed by atoms with van der Waals surface area (Å²) < 4.78 is 12.0. The summed E-state index contributed by atoms with van der Waals surface area (Å²) in [7, 11) is 0. The Labute approximate surface area is 191 Å². The molecule has 32 heavy (non-hydrogen) atoms. The molecule has 0 unspecified atom stereocenters. The quantitative estimate of drug-likeness (QED) is 0.485. The molecule has 2 saturated heterocycles. The van der Waals surface area contributed by atoms with E-state index in [0.717, 1.165) is 71.4 Å². The monoisotopic (exact) mass is 434 g/mol. The molecule has 0 aromatic heterocycles. The highest BCUT2D eigenvalue weighted by atomic mass is 16.5. The number of likely N-dealkylation sites (tertiary alicyclic amines) is 2. The molecule has 5 nitrogen and oxygen atoms in total. The van der Waals surface area contributed by atoms with E-state index in [2.05, 4.69) is 58.3 Å². The van der Waals surface area contributed by atoms with Crippen LogP contribution in [0.3, 0.4) is 0 Å². The second-order valence-electron chi connectivity index (χ2n) is 9.42. The van der Waals surface area contributed by atoms with Crippen molar-refractivity contribution in [1.82, 2.24) is 9.80 Å². The largest absolute Gasteiger partial charge is 0.464 e. The summed E-state index contributed by atoms with van der Waals surface area (Å²) in [6.45, 7) is 6.09. The Hall–Kier alpha value is -2.21. The molecular weight excluding hydrogens is 400 g/mol. The maximum absolute atomic E-state index is 12.7. The predicted molar refractivity (Wildman–Crippen MR) is 124 cm³/mol. The van der Waals surface area contributed by atoms with Gasteiger partial charge < -0.3 is 14.4 Å². The zero-order valence-corrected chi connectivity index (χ0v) is 18.9. The van der Waals surface area contributed by atoms with Crippen LogP contribution in [0.15, 0.2) is 54.6 Å². The van der Waals surface area contributed by atoms with Crippen molar-refractivity contribution in [3.05, 3.63) is 71.3 Å². The maximum Gasteiger partial charge on any atom is 0.323 e. The van der Waals surface area contributed by atoms with Crippen molar-refractivity contribution in [2.45, 2.75) is 56.9 Å². The Morgan fingerprint density at radius 1 is 1.03 bits per heavy atom. The molecule has 3 heterocycles. The molecule has 1 atom stereocenters. The molecule has 0 N–H and O–H groups in total. The number of ether oxygens (including phenoxy) is 2. The summed E-state index contributed by atoms with van der Waals surface area (Å²) in [4.78, 5) is 17.4. The lowest BCUT2D eigenvalue weighted by atomic mass is 9.84. The van der Waals surface area contributed by atoms with E-state index in [1.54, 1.807) is 0 Å². The van der Waals surface area contributed by atoms with Gasteiger partial charge in [-0.15, -0.1) is 0 Å². The fraction of sp³-hybridized carbons (Fsp3) is 0.519. The molecule has 0 radical (unpaired) electrons. The molecule has 2 fully saturated rings. The van der Waals surface area contributed by atoms with Crippen LogP contribution in [0.2, 0.25) is 0 Å². The lowest BCUT2D eigenvalue weighted by Gasteiger charge is -2.39. The topological polar surface area (TPSA) is 42.0 Å². The number of benzene rings is 2. The van der Waals surface area contributed by atoms with E-state index in [-0.39, 0.29) is 17.6 Å². The minimum atomic E-state index is -0.0929. The first kappa shape index (κ1) is 21.6. The van der Waals surface area contributed by atoms with Crippen molar-refractivity contribution in [3.8, 4) is 0 Å². The maximum atomic E-state index is 12.7. The minimum absolute atomic E-state index is 0.0491. The van der Waals surface area contributed by atoms with Gasteiger partial charge in [0, 0.05) is 26.2 Å². The van der Waals surface area contributed by atoms with Gasteiger partial charge in [-0.2, -0.15) is 0 Å². The van der Waals surface area contributed by atoms with Crippen LogP contribution in [-0.2, 0) is 33.0 Å². The van der Waals surface area contributed by atoms with Crippen LogP contribution >= 0.6 is 0 Å². The summed E-state index contributed by atoms with van der Waals surface area (Å²) in [6.07, 6.45) is 4.94. The van der Waals surface area contributed by atoms with Gasteiger partial charge >= 0.3 is 5.97 Å². The zero-order chi connectivity index (χ0) is 21.8. The van der Waals surface area contributed by atoms with Gasteiger partial charge in [-0.25, -0.2) is 0 Å². The van der Waals surface area contributed by atoms with Crippen LogP contribution in [0, 0.1) is 0 Å². The predicted octanol–water partition coefficient (Wildman–Crippen LogP) is 4.11. The standard InChI is InChI=1S/C27H34N2O3/c30-26(25-12-6-16-29(25)20-22-8-2-1-3-9-22)31-19-7-15-28-17-13-27(14-18-28)24-11-5-4-10-23(24)21-32-27/h1-5,8-11,25H,6-7,12-21H2/t25-/m1/s1. The molecule has 0 amide bonds. The smallest absolute Gasteiger partial charge is 0.323 e. The first-order valence-electron chi connectivity index (χ1n) is 12.1. The fourth-order valence-electron chi connectivity index (χ4n) is 5.59. The van der Waals surface area contributed by atoms with E-state index in [0.29, 0.717) is 6.61 Å². The van der Waals surface area contributed by atoms with E-state index < -0.39 is 0 Å². The van der Waals surface area contributed by atoms with Crippen molar-refractivity contribution >= 4 is 5.97 Å². The average Bonchev–Trinajstić information content (AvgIpc) is 3.44. The highest BCUT2D eigenvalue weighted by Crippen LogP contribution is 2.43. The molecule has 5 rings (SSSR count). The Balaban J connectivity index is 1.03. The number of hydrogen-bond acceptors (Lipinski definition) is 5. The Bertz CT molecular complexity index is 908. The van der Waals surface area contributed by atoms with Crippen LogP contribution in [0.5, 0.6) is 0 Å². The van der Waals surface area contributed by atoms with E-state index in [1.165, 1.54) is 16.7 Å². The molecule has 2 aromatic carbocycles. The fourth-order valence-corrected chi connectivity index (χ4v) is 5.59. The van der Waals surface area contributed by atoms with E-state index in [9.17, 15) is 4.79 Å². The second-order valence-corrected chi connectivity index (χ2v) is 9.42. The SMILES string of the molecule is O=C(OCCCN1CCC2(CC1)OCc1ccccc12)[C@H]1CCCN1Cc1ccccc1. The number of nitrogens with zero attached hydrogens (tertiary/aromatic N) is 2. The summed E-state index contributed by atoms with van der Waals surface area (Å²) in [5.74, 6) is -0.0491. The van der Waals surface area contributed by atoms with E-state index in [4.69, 9.17) is 9.47 Å². The van der Waals surface area contributed by atoms with Crippen molar-refractivity contribution in [2.24, 2.45) is 0 Å². The van der Waals surface area contributed by atoms with Gasteiger partial charge in [0.05, 0.1) is 18.8 Å². The van der Waals surface area contributed by atoms with Crippen molar-refractivity contribution < 1.29 is 14.3 Å². The van der Waals surface area contributed by atoms with Gasteiger partial charge in [0.25, 0.3) is 0 Å². The molecule has 1 spiro atoms. The summed E-state index contributed by atoms with van der Waals surface area (Å²) in [5, 5.41) is 0. The van der Waals surface area contributed by atoms with Crippen molar-refractivity contribution in [1.29, 1.82) is 0 Å². The Kier molecular flexibility index (Phi) is 6.58. The number of fused-ring (bicyclic) bond motifs is 2. The van der Waals surface area contributed by atoms with Gasteiger partial charge in [0.1, 0.15) is 6.04 Å². The number of esters is 1. The number of carbonyl (C=O) groups is 1. The average molecular weight is 435 g/mol. The molecule has 2 aromatic rings. The van der Waals surface area contributed by atoms with Crippen molar-refractivity contribution in [2.75, 3.05) is 32.8 Å². The number of carbonyl (C=O) groups excluding carboxylic acids is 1. The van der Waals surface area contributed by atoms with Gasteiger partial charge in [0.2, 0.25) is 0 Å². The van der Waals surface area contributed by atoms with Crippen LogP contribution in [0.25, 0.3) is 0 Å². The van der Waals surface area contributed by atoms with Gasteiger partial charge in [0.15, 0.2) is 0 Å². The second kappa shape index (κ2) is 9.74. The highest BCUT2D eigenvalue weighted by Gasteiger charge is 2.42. The molecule has 3 aliphatic heterocycles.